The first kappa shape index (κ1) is 18.1. The number of rotatable bonds is 5. The fourth-order valence-electron chi connectivity index (χ4n) is 1.46. The van der Waals surface area contributed by atoms with Gasteiger partial charge in [-0.05, 0) is 12.1 Å². The number of hydrogen-bond acceptors (Lipinski definition) is 3. The molecule has 0 saturated carbocycles. The van der Waals surface area contributed by atoms with Crippen molar-refractivity contribution in [3.8, 4) is 11.5 Å². The molecule has 0 aromatic heterocycles. The first-order chi connectivity index (χ1) is 11.1. The average molecular weight is 369 g/mol. The minimum absolute atomic E-state index is 0.0857. The molecule has 0 atom stereocenters. The highest BCUT2D eigenvalue weighted by atomic mass is 31.2. The molecule has 24 heavy (non-hydrogen) atoms. The van der Waals surface area contributed by atoms with Gasteiger partial charge in [0.2, 0.25) is 34.8 Å². The first-order valence-electron chi connectivity index (χ1n) is 6.03. The smallest absolute Gasteiger partial charge is 0.347 e. The zero-order valence-corrected chi connectivity index (χ0v) is 12.4. The van der Waals surface area contributed by atoms with E-state index in [-0.39, 0.29) is 10.7 Å². The Morgan fingerprint density at radius 1 is 0.792 bits per heavy atom. The van der Waals surface area contributed by atoms with E-state index in [4.69, 9.17) is 15.8 Å². The molecule has 0 bridgehead atoms. The van der Waals surface area contributed by atoms with Crippen LogP contribution in [0.3, 0.4) is 0 Å². The van der Waals surface area contributed by atoms with Crippen molar-refractivity contribution in [3.05, 3.63) is 59.4 Å². The van der Waals surface area contributed by atoms with Crippen molar-refractivity contribution < 1.29 is 36.2 Å². The van der Waals surface area contributed by atoms with E-state index in [1.807, 2.05) is 0 Å². The van der Waals surface area contributed by atoms with Gasteiger partial charge in [0, 0.05) is 0 Å². The summed E-state index contributed by atoms with van der Waals surface area (Å²) in [6.07, 6.45) is 0. The number of nitrogens with zero attached hydrogens (tertiary/aromatic N) is 1. The van der Waals surface area contributed by atoms with E-state index < -0.39 is 42.4 Å². The molecule has 2 aromatic rings. The van der Waals surface area contributed by atoms with Crippen LogP contribution in [0.1, 0.15) is 0 Å². The minimum atomic E-state index is -4.47. The molecule has 2 aromatic carbocycles. The molecule has 0 heterocycles. The predicted octanol–water partition coefficient (Wildman–Crippen LogP) is 3.00. The molecule has 12 heteroatoms. The summed E-state index contributed by atoms with van der Waals surface area (Å²) in [7, 11) is -4.47. The third-order valence-electron chi connectivity index (χ3n) is 2.52. The lowest BCUT2D eigenvalue weighted by molar-refractivity contribution is -0.182. The maximum Gasteiger partial charge on any atom is 0.347 e. The summed E-state index contributed by atoms with van der Waals surface area (Å²) in [6, 6.07) is 7.09. The Morgan fingerprint density at radius 2 is 1.25 bits per heavy atom. The molecule has 0 aliphatic rings. The summed E-state index contributed by atoms with van der Waals surface area (Å²) in [5.41, 5.74) is 10.2. The van der Waals surface area contributed by atoms with Crippen LogP contribution in [-0.2, 0) is 4.57 Å². The molecule has 0 fully saturated rings. The maximum atomic E-state index is 13.6. The number of halogens is 5. The van der Waals surface area contributed by atoms with Crippen LogP contribution in [0.5, 0.6) is 11.5 Å². The number of nitrogens with two attached hydrogens (primary N) is 2. The molecule has 0 aliphatic heterocycles. The summed E-state index contributed by atoms with van der Waals surface area (Å²) >= 11 is 0. The summed E-state index contributed by atoms with van der Waals surface area (Å²) in [5.74, 6) is -13.4. The molecule has 130 valence electrons. The third-order valence-corrected chi connectivity index (χ3v) is 3.19. The van der Waals surface area contributed by atoms with Crippen molar-refractivity contribution in [2.24, 2.45) is 11.0 Å². The second-order valence-corrected chi connectivity index (χ2v) is 5.98. The van der Waals surface area contributed by atoms with Crippen LogP contribution >= 0.6 is 7.59 Å². The van der Waals surface area contributed by atoms with Gasteiger partial charge in [-0.2, -0.15) is 8.78 Å². The lowest BCUT2D eigenvalue weighted by Gasteiger charge is -2.24. The number of hydrogen-bond donors (Lipinski definition) is 2. The van der Waals surface area contributed by atoms with Crippen LogP contribution in [0.4, 0.5) is 22.0 Å². The molecular formula is C12H9F5N3O3P. The van der Waals surface area contributed by atoms with E-state index in [1.54, 1.807) is 6.07 Å². The Morgan fingerprint density at radius 3 is 1.71 bits per heavy atom. The van der Waals surface area contributed by atoms with Crippen LogP contribution < -0.4 is 20.7 Å². The Labute approximate surface area is 131 Å². The van der Waals surface area contributed by atoms with Crippen LogP contribution in [0.2, 0.25) is 0 Å². The standard InChI is InChI=1S/C12H9F5N3O3P/c13-7-8(14)10(16)12(11(17)9(7)15)23-20(24(18,19)21)22-6-4-2-1-3-5-6/h1-5H,(H4,18,19,21). The Bertz CT molecular complexity index is 773. The van der Waals surface area contributed by atoms with Crippen LogP contribution in [0, 0.1) is 29.1 Å². The fourth-order valence-corrected chi connectivity index (χ4v) is 1.89. The van der Waals surface area contributed by atoms with Gasteiger partial charge < -0.3 is 9.68 Å². The molecule has 2 rings (SSSR count). The van der Waals surface area contributed by atoms with Gasteiger partial charge in [-0.1, -0.05) is 18.2 Å². The molecule has 0 saturated heterocycles. The molecule has 4 N–H and O–H groups in total. The van der Waals surface area contributed by atoms with Gasteiger partial charge in [-0.3, -0.25) is 15.6 Å². The Hall–Kier alpha value is -2.20. The molecule has 0 amide bonds. The number of benzene rings is 2. The Balaban J connectivity index is 2.43. The highest BCUT2D eigenvalue weighted by molar-refractivity contribution is 7.56. The van der Waals surface area contributed by atoms with Crippen molar-refractivity contribution in [1.82, 2.24) is 5.00 Å². The third kappa shape index (κ3) is 3.65. The van der Waals surface area contributed by atoms with E-state index >= 15 is 0 Å². The summed E-state index contributed by atoms with van der Waals surface area (Å²) in [4.78, 5) is 8.96. The maximum absolute atomic E-state index is 13.6. The molecule has 0 spiro atoms. The molecule has 0 aliphatic carbocycles. The molecule has 0 unspecified atom stereocenters. The topological polar surface area (TPSA) is 90.8 Å². The lowest BCUT2D eigenvalue weighted by Crippen LogP contribution is -2.35. The zero-order chi connectivity index (χ0) is 18.1. The van der Waals surface area contributed by atoms with Gasteiger partial charge >= 0.3 is 7.59 Å². The highest BCUT2D eigenvalue weighted by Crippen LogP contribution is 2.37. The lowest BCUT2D eigenvalue weighted by atomic mass is 10.3. The Kier molecular flexibility index (Phi) is 5.09. The monoisotopic (exact) mass is 369 g/mol. The summed E-state index contributed by atoms with van der Waals surface area (Å²) < 4.78 is 78.2. The van der Waals surface area contributed by atoms with E-state index in [0.717, 1.165) is 0 Å². The quantitative estimate of drug-likeness (QED) is 0.277. The van der Waals surface area contributed by atoms with Crippen LogP contribution in [0.15, 0.2) is 30.3 Å². The van der Waals surface area contributed by atoms with Gasteiger partial charge in [-0.25, -0.2) is 13.2 Å². The average Bonchev–Trinajstić information content (AvgIpc) is 2.54. The van der Waals surface area contributed by atoms with E-state index in [9.17, 15) is 26.5 Å². The molecule has 0 radical (unpaired) electrons. The zero-order valence-electron chi connectivity index (χ0n) is 11.6. The van der Waals surface area contributed by atoms with Crippen molar-refractivity contribution in [2.75, 3.05) is 0 Å². The normalized spacial score (nSPS) is 11.7. The van der Waals surface area contributed by atoms with Crippen LogP contribution in [-0.4, -0.2) is 5.00 Å². The fraction of sp³-hybridized carbons (Fsp3) is 0. The van der Waals surface area contributed by atoms with Gasteiger partial charge in [0.25, 0.3) is 0 Å². The van der Waals surface area contributed by atoms with Crippen molar-refractivity contribution in [1.29, 1.82) is 0 Å². The molecular weight excluding hydrogens is 360 g/mol. The van der Waals surface area contributed by atoms with Gasteiger partial charge in [0.1, 0.15) is 5.00 Å². The second kappa shape index (κ2) is 6.73. The van der Waals surface area contributed by atoms with Crippen molar-refractivity contribution >= 4 is 7.59 Å². The highest BCUT2D eigenvalue weighted by Gasteiger charge is 2.34. The van der Waals surface area contributed by atoms with E-state index in [1.165, 1.54) is 24.3 Å². The van der Waals surface area contributed by atoms with E-state index in [0.29, 0.717) is 0 Å². The molecule has 6 nitrogen and oxygen atoms in total. The first-order valence-corrected chi connectivity index (χ1v) is 7.83. The predicted molar refractivity (Wildman–Crippen MR) is 71.8 cm³/mol. The van der Waals surface area contributed by atoms with Crippen molar-refractivity contribution in [2.45, 2.75) is 0 Å². The number of para-hydroxylation sites is 1. The van der Waals surface area contributed by atoms with E-state index in [2.05, 4.69) is 4.84 Å². The van der Waals surface area contributed by atoms with Gasteiger partial charge in [-0.15, -0.1) is 0 Å². The second-order valence-electron chi connectivity index (χ2n) is 4.30. The van der Waals surface area contributed by atoms with Crippen LogP contribution in [0.25, 0.3) is 0 Å². The SMILES string of the molecule is NP(N)(=O)N(Oc1ccccc1)Oc1c(F)c(F)c(F)c(F)c1F. The van der Waals surface area contributed by atoms with Gasteiger partial charge in [0.15, 0.2) is 5.75 Å². The summed E-state index contributed by atoms with van der Waals surface area (Å²) in [5, 5.41) is 0. The largest absolute Gasteiger partial charge is 0.363 e. The summed E-state index contributed by atoms with van der Waals surface area (Å²) in [6.45, 7) is 0. The van der Waals surface area contributed by atoms with Gasteiger partial charge in [0.05, 0.1) is 0 Å². The minimum Gasteiger partial charge on any atom is -0.363 e. The van der Waals surface area contributed by atoms with Crippen molar-refractivity contribution in [3.63, 3.8) is 0 Å².